The molecule has 1 heterocycles. The number of aliphatic imine (C=N–C) groups is 1. The molecule has 0 amide bonds. The first-order valence-electron chi connectivity index (χ1n) is 10.0. The summed E-state index contributed by atoms with van der Waals surface area (Å²) in [5.74, 6) is 0. The van der Waals surface area contributed by atoms with Gasteiger partial charge in [0.15, 0.2) is 0 Å². The van der Waals surface area contributed by atoms with Gasteiger partial charge in [-0.1, -0.05) is 29.3 Å². The molecule has 0 radical (unpaired) electrons. The molecular formula is C24H21ClN4O3S. The number of rotatable bonds is 6. The molecular weight excluding hydrogens is 460 g/mol. The van der Waals surface area contributed by atoms with Crippen molar-refractivity contribution in [3.63, 3.8) is 0 Å². The molecule has 0 aliphatic carbocycles. The average Bonchev–Trinajstić information content (AvgIpc) is 3.08. The molecule has 33 heavy (non-hydrogen) atoms. The minimum absolute atomic E-state index is 0.0935. The molecule has 3 aromatic carbocycles. The first-order chi connectivity index (χ1) is 15.7. The molecule has 0 bridgehead atoms. The van der Waals surface area contributed by atoms with Crippen LogP contribution in [-0.2, 0) is 10.0 Å². The van der Waals surface area contributed by atoms with E-state index in [1.54, 1.807) is 43.3 Å². The van der Waals surface area contributed by atoms with E-state index in [0.29, 0.717) is 27.7 Å². The molecule has 0 spiro atoms. The molecule has 0 saturated carbocycles. The van der Waals surface area contributed by atoms with E-state index in [9.17, 15) is 13.2 Å². The lowest BCUT2D eigenvalue weighted by Crippen LogP contribution is -2.17. The molecule has 0 saturated heterocycles. The highest BCUT2D eigenvalue weighted by Gasteiger charge is 2.14. The fraction of sp³-hybridized carbons (Fsp3) is 0.0833. The Morgan fingerprint density at radius 1 is 0.939 bits per heavy atom. The Balaban J connectivity index is 1.53. The Morgan fingerprint density at radius 3 is 2.21 bits per heavy atom. The van der Waals surface area contributed by atoms with Crippen molar-refractivity contribution in [2.45, 2.75) is 18.7 Å². The van der Waals surface area contributed by atoms with E-state index >= 15 is 0 Å². The summed E-state index contributed by atoms with van der Waals surface area (Å²) >= 11 is 5.84. The molecule has 0 fully saturated rings. The maximum atomic E-state index is 12.8. The van der Waals surface area contributed by atoms with E-state index in [4.69, 9.17) is 11.6 Å². The molecule has 9 heteroatoms. The maximum Gasteiger partial charge on any atom is 0.280 e. The van der Waals surface area contributed by atoms with Crippen LogP contribution in [0.4, 0.5) is 11.4 Å². The smallest absolute Gasteiger partial charge is 0.280 e. The third-order valence-corrected chi connectivity index (χ3v) is 6.64. The molecule has 1 aromatic heterocycles. The van der Waals surface area contributed by atoms with Gasteiger partial charge in [-0.3, -0.25) is 19.6 Å². The number of halogens is 1. The van der Waals surface area contributed by atoms with Gasteiger partial charge in [-0.05, 0) is 74.5 Å². The summed E-state index contributed by atoms with van der Waals surface area (Å²) in [6.07, 6.45) is 1.48. The highest BCUT2D eigenvalue weighted by Crippen LogP contribution is 2.21. The summed E-state index contributed by atoms with van der Waals surface area (Å²) in [4.78, 5) is 17.3. The Hall–Kier alpha value is -3.62. The van der Waals surface area contributed by atoms with Crippen LogP contribution in [0.3, 0.4) is 0 Å². The number of hydrogen-bond acceptors (Lipinski definition) is 4. The van der Waals surface area contributed by atoms with Crippen molar-refractivity contribution >= 4 is 39.2 Å². The summed E-state index contributed by atoms with van der Waals surface area (Å²) in [6, 6.07) is 20.0. The van der Waals surface area contributed by atoms with Gasteiger partial charge in [-0.25, -0.2) is 13.1 Å². The minimum Gasteiger partial charge on any atom is -0.295 e. The highest BCUT2D eigenvalue weighted by molar-refractivity contribution is 7.92. The molecule has 0 atom stereocenters. The van der Waals surface area contributed by atoms with Gasteiger partial charge in [-0.2, -0.15) is 0 Å². The summed E-state index contributed by atoms with van der Waals surface area (Å²) in [5.41, 5.74) is 3.65. The third kappa shape index (κ3) is 5.08. The zero-order chi connectivity index (χ0) is 23.6. The SMILES string of the molecule is Cc1ccc(-n2[nH]c(C)c(C=Nc3ccc(S(=O)(=O)Nc4ccc(Cl)cc4)cc3)c2=O)cc1. The maximum absolute atomic E-state index is 12.8. The van der Waals surface area contributed by atoms with Gasteiger partial charge in [0.05, 0.1) is 21.8 Å². The normalized spacial score (nSPS) is 11.7. The molecule has 4 rings (SSSR count). The molecule has 168 valence electrons. The van der Waals surface area contributed by atoms with E-state index in [1.165, 1.54) is 23.0 Å². The zero-order valence-corrected chi connectivity index (χ0v) is 19.5. The van der Waals surface area contributed by atoms with Crippen LogP contribution in [0.2, 0.25) is 5.02 Å². The summed E-state index contributed by atoms with van der Waals surface area (Å²) in [7, 11) is -3.76. The van der Waals surface area contributed by atoms with Crippen molar-refractivity contribution in [3.05, 3.63) is 105 Å². The Labute approximate surface area is 196 Å². The highest BCUT2D eigenvalue weighted by atomic mass is 35.5. The van der Waals surface area contributed by atoms with Gasteiger partial charge in [0.25, 0.3) is 15.6 Å². The second-order valence-electron chi connectivity index (χ2n) is 7.49. The van der Waals surface area contributed by atoms with Crippen LogP contribution >= 0.6 is 11.6 Å². The summed E-state index contributed by atoms with van der Waals surface area (Å²) < 4.78 is 29.2. The predicted octanol–water partition coefficient (Wildman–Crippen LogP) is 4.99. The molecule has 2 N–H and O–H groups in total. The zero-order valence-electron chi connectivity index (χ0n) is 17.9. The fourth-order valence-electron chi connectivity index (χ4n) is 3.17. The summed E-state index contributed by atoms with van der Waals surface area (Å²) in [6.45, 7) is 3.78. The number of hydrogen-bond donors (Lipinski definition) is 2. The Bertz CT molecular complexity index is 1470. The molecule has 7 nitrogen and oxygen atoms in total. The van der Waals surface area contributed by atoms with Gasteiger partial charge < -0.3 is 0 Å². The van der Waals surface area contributed by atoms with E-state index < -0.39 is 10.0 Å². The monoisotopic (exact) mass is 480 g/mol. The van der Waals surface area contributed by atoms with Crippen LogP contribution in [0.25, 0.3) is 5.69 Å². The van der Waals surface area contributed by atoms with Gasteiger partial charge in [0.2, 0.25) is 0 Å². The number of nitrogens with zero attached hydrogens (tertiary/aromatic N) is 2. The van der Waals surface area contributed by atoms with Gasteiger partial charge in [-0.15, -0.1) is 0 Å². The van der Waals surface area contributed by atoms with Crippen LogP contribution in [0.5, 0.6) is 0 Å². The third-order valence-electron chi connectivity index (χ3n) is 5.00. The van der Waals surface area contributed by atoms with E-state index in [0.717, 1.165) is 11.3 Å². The lowest BCUT2D eigenvalue weighted by Gasteiger charge is -2.08. The molecule has 4 aromatic rings. The van der Waals surface area contributed by atoms with E-state index in [1.807, 2.05) is 31.2 Å². The van der Waals surface area contributed by atoms with E-state index in [-0.39, 0.29) is 10.5 Å². The predicted molar refractivity (Wildman–Crippen MR) is 132 cm³/mol. The Kier molecular flexibility index (Phi) is 6.22. The van der Waals surface area contributed by atoms with Crippen LogP contribution in [0.15, 0.2) is 87.5 Å². The number of nitrogens with one attached hydrogen (secondary N) is 2. The second-order valence-corrected chi connectivity index (χ2v) is 9.61. The van der Waals surface area contributed by atoms with Gasteiger partial charge in [0, 0.05) is 22.6 Å². The number of H-pyrrole nitrogens is 1. The van der Waals surface area contributed by atoms with E-state index in [2.05, 4.69) is 14.8 Å². The van der Waals surface area contributed by atoms with Gasteiger partial charge in [0.1, 0.15) is 0 Å². The second kappa shape index (κ2) is 9.09. The lowest BCUT2D eigenvalue weighted by molar-refractivity contribution is 0.601. The van der Waals surface area contributed by atoms with Crippen LogP contribution in [0.1, 0.15) is 16.8 Å². The first kappa shape index (κ1) is 22.6. The molecule has 0 aliphatic rings. The van der Waals surface area contributed by atoms with Crippen molar-refractivity contribution < 1.29 is 8.42 Å². The fourth-order valence-corrected chi connectivity index (χ4v) is 4.35. The quantitative estimate of drug-likeness (QED) is 0.380. The minimum atomic E-state index is -3.76. The Morgan fingerprint density at radius 2 is 1.58 bits per heavy atom. The number of aryl methyl sites for hydroxylation is 2. The van der Waals surface area contributed by atoms with Crippen LogP contribution < -0.4 is 10.3 Å². The average molecular weight is 481 g/mol. The first-order valence-corrected chi connectivity index (χ1v) is 11.9. The van der Waals surface area contributed by atoms with Crippen molar-refractivity contribution in [2.75, 3.05) is 4.72 Å². The summed E-state index contributed by atoms with van der Waals surface area (Å²) in [5, 5.41) is 3.57. The van der Waals surface area contributed by atoms with Crippen LogP contribution in [0, 0.1) is 13.8 Å². The van der Waals surface area contributed by atoms with Crippen molar-refractivity contribution in [3.8, 4) is 5.69 Å². The topological polar surface area (TPSA) is 96.3 Å². The standard InChI is InChI=1S/C24H21ClN4O3S/c1-16-3-11-21(12-4-16)29-24(30)23(17(2)27-29)15-26-19-9-13-22(14-10-19)33(31,32)28-20-7-5-18(25)6-8-20/h3-15,27-28H,1-2H3. The molecule has 0 aliphatic heterocycles. The lowest BCUT2D eigenvalue weighted by atomic mass is 10.2. The number of aromatic amines is 1. The molecule has 0 unspecified atom stereocenters. The largest absolute Gasteiger partial charge is 0.295 e. The number of sulfonamides is 1. The van der Waals surface area contributed by atoms with Crippen LogP contribution in [-0.4, -0.2) is 24.4 Å². The van der Waals surface area contributed by atoms with Crippen molar-refractivity contribution in [2.24, 2.45) is 4.99 Å². The van der Waals surface area contributed by atoms with Gasteiger partial charge >= 0.3 is 0 Å². The number of benzene rings is 3. The number of aromatic nitrogens is 2. The number of anilines is 1. The van der Waals surface area contributed by atoms with Crippen molar-refractivity contribution in [1.82, 2.24) is 9.78 Å². The van der Waals surface area contributed by atoms with Crippen molar-refractivity contribution in [1.29, 1.82) is 0 Å².